The minimum atomic E-state index is -0.594. The van der Waals surface area contributed by atoms with Crippen LogP contribution < -0.4 is 16.4 Å². The number of anilines is 3. The summed E-state index contributed by atoms with van der Waals surface area (Å²) in [4.78, 5) is 15.8. The van der Waals surface area contributed by atoms with E-state index in [1.54, 1.807) is 6.33 Å². The average molecular weight is 539 g/mol. The molecule has 2 aromatic heterocycles. The van der Waals surface area contributed by atoms with Gasteiger partial charge in [-0.2, -0.15) is 0 Å². The van der Waals surface area contributed by atoms with Crippen LogP contribution in [0.15, 0.2) is 35.1 Å². The average Bonchev–Trinajstić information content (AvgIpc) is 3.42. The van der Waals surface area contributed by atoms with Crippen LogP contribution >= 0.6 is 15.9 Å². The molecule has 6 rings (SSSR count). The number of fused-ring (bicyclic) bond motifs is 3. The van der Waals surface area contributed by atoms with E-state index in [4.69, 9.17) is 20.9 Å². The summed E-state index contributed by atoms with van der Waals surface area (Å²) in [5, 5.41) is 1.08. The zero-order valence-electron chi connectivity index (χ0n) is 20.2. The Morgan fingerprint density at radius 3 is 2.74 bits per heavy atom. The van der Waals surface area contributed by atoms with Crippen molar-refractivity contribution in [2.45, 2.75) is 70.0 Å². The van der Waals surface area contributed by atoms with Crippen LogP contribution in [-0.4, -0.2) is 45.5 Å². The second-order valence-electron chi connectivity index (χ2n) is 10.6. The highest BCUT2D eigenvalue weighted by atomic mass is 79.9. The molecule has 4 heterocycles. The predicted octanol–water partition coefficient (Wildman–Crippen LogP) is 4.42. The smallest absolute Gasteiger partial charge is 0.163 e. The molecule has 1 unspecified atom stereocenters. The number of nitrogens with two attached hydrogens (primary N) is 2. The molecule has 0 bridgehead atoms. The van der Waals surface area contributed by atoms with Crippen molar-refractivity contribution >= 4 is 44.3 Å². The van der Waals surface area contributed by atoms with Gasteiger partial charge in [-0.25, -0.2) is 15.0 Å². The molecule has 0 radical (unpaired) electrons. The van der Waals surface area contributed by atoms with Crippen molar-refractivity contribution in [1.29, 1.82) is 0 Å². The van der Waals surface area contributed by atoms with Crippen molar-refractivity contribution in [2.24, 2.45) is 5.92 Å². The number of pyridine rings is 1. The predicted molar refractivity (Wildman–Crippen MR) is 140 cm³/mol. The molecule has 1 aromatic carbocycles. The second kappa shape index (κ2) is 8.28. The number of hydrogen-bond donors (Lipinski definition) is 2. The third-order valence-electron chi connectivity index (χ3n) is 7.75. The topological polar surface area (TPSA) is 112 Å². The lowest BCUT2D eigenvalue weighted by Gasteiger charge is -2.31. The van der Waals surface area contributed by atoms with E-state index in [2.05, 4.69) is 60.9 Å². The van der Waals surface area contributed by atoms with Crippen LogP contribution in [0.1, 0.15) is 50.7 Å². The first-order valence-corrected chi connectivity index (χ1v) is 13.1. The Labute approximate surface area is 213 Å². The monoisotopic (exact) mass is 538 g/mol. The van der Waals surface area contributed by atoms with Crippen LogP contribution in [0.4, 0.5) is 17.5 Å². The first kappa shape index (κ1) is 22.9. The maximum Gasteiger partial charge on any atom is 0.163 e. The van der Waals surface area contributed by atoms with Crippen molar-refractivity contribution in [3.63, 3.8) is 0 Å². The highest BCUT2D eigenvalue weighted by molar-refractivity contribution is 9.10. The van der Waals surface area contributed by atoms with Crippen LogP contribution in [-0.2, 0) is 15.9 Å². The number of nitrogen functional groups attached to an aromatic ring is 2. The van der Waals surface area contributed by atoms with E-state index in [0.29, 0.717) is 17.6 Å². The molecule has 1 saturated heterocycles. The van der Waals surface area contributed by atoms with E-state index in [-0.39, 0.29) is 24.2 Å². The molecule has 4 N–H and O–H groups in total. The Bertz CT molecular complexity index is 1300. The lowest BCUT2D eigenvalue weighted by Crippen LogP contribution is -2.43. The molecule has 184 valence electrons. The van der Waals surface area contributed by atoms with Gasteiger partial charge in [0, 0.05) is 23.4 Å². The number of nitrogens with zero attached hydrogens (tertiary/aromatic N) is 4. The van der Waals surface area contributed by atoms with E-state index in [1.165, 1.54) is 5.56 Å². The first-order valence-electron chi connectivity index (χ1n) is 12.3. The highest BCUT2D eigenvalue weighted by Crippen LogP contribution is 2.49. The molecule has 0 spiro atoms. The number of rotatable bonds is 4. The number of hydrogen-bond acceptors (Lipinski definition) is 8. The summed E-state index contributed by atoms with van der Waals surface area (Å²) >= 11 is 3.46. The van der Waals surface area contributed by atoms with Crippen LogP contribution in [0.5, 0.6) is 0 Å². The summed E-state index contributed by atoms with van der Waals surface area (Å²) in [6, 6.07) is 8.67. The fourth-order valence-electron chi connectivity index (χ4n) is 6.22. The Morgan fingerprint density at radius 1 is 1.11 bits per heavy atom. The second-order valence-corrected chi connectivity index (χ2v) is 11.5. The summed E-state index contributed by atoms with van der Waals surface area (Å²) in [7, 11) is 0. The summed E-state index contributed by atoms with van der Waals surface area (Å²) in [5.74, 6) is 2.12. The maximum absolute atomic E-state index is 6.48. The zero-order chi connectivity index (χ0) is 24.5. The van der Waals surface area contributed by atoms with Gasteiger partial charge in [0.05, 0.1) is 22.1 Å². The Morgan fingerprint density at radius 2 is 1.91 bits per heavy atom. The molecule has 3 aliphatic rings. The van der Waals surface area contributed by atoms with Crippen LogP contribution in [0.2, 0.25) is 0 Å². The summed E-state index contributed by atoms with van der Waals surface area (Å²) in [6.07, 6.45) is 4.57. The third kappa shape index (κ3) is 3.93. The fourth-order valence-corrected chi connectivity index (χ4v) is 6.56. The largest absolute Gasteiger partial charge is 0.383 e. The molecular formula is C26H31BrN6O2. The van der Waals surface area contributed by atoms with Gasteiger partial charge in [0.2, 0.25) is 0 Å². The van der Waals surface area contributed by atoms with Crippen LogP contribution in [0.25, 0.3) is 10.9 Å². The molecule has 2 fully saturated rings. The molecule has 2 aliphatic heterocycles. The van der Waals surface area contributed by atoms with E-state index >= 15 is 0 Å². The van der Waals surface area contributed by atoms with Gasteiger partial charge >= 0.3 is 0 Å². The molecule has 5 atom stereocenters. The minimum Gasteiger partial charge on any atom is -0.383 e. The molecule has 1 aliphatic carbocycles. The quantitative estimate of drug-likeness (QED) is 0.501. The standard InChI is InChI=1S/C26H31BrN6O2/c1-13-11-33(25-20(13)24(29)30-12-31-25)19-10-16(21-22(19)35-26(2,3)34-21)7-5-14-4-6-15-9-17(27)23(28)32-18(15)8-14/h4,6,8-9,12-13,16,19,21-22H,5,7,10-11H2,1-3H3,(H2,28,32)(H2,29,30,31)/t13?,16-,19+,21+,22-/m0/s1. The van der Waals surface area contributed by atoms with Crippen molar-refractivity contribution in [3.05, 3.63) is 46.2 Å². The lowest BCUT2D eigenvalue weighted by atomic mass is 9.95. The van der Waals surface area contributed by atoms with Crippen molar-refractivity contribution in [3.8, 4) is 0 Å². The molecule has 8 nitrogen and oxygen atoms in total. The van der Waals surface area contributed by atoms with Gasteiger partial charge in [-0.3, -0.25) is 0 Å². The summed E-state index contributed by atoms with van der Waals surface area (Å²) < 4.78 is 13.8. The maximum atomic E-state index is 6.48. The van der Waals surface area contributed by atoms with E-state index in [9.17, 15) is 0 Å². The third-order valence-corrected chi connectivity index (χ3v) is 8.38. The zero-order valence-corrected chi connectivity index (χ0v) is 21.8. The number of halogens is 1. The Balaban J connectivity index is 1.24. The van der Waals surface area contributed by atoms with Gasteiger partial charge in [-0.05, 0) is 72.7 Å². The van der Waals surface area contributed by atoms with Crippen LogP contribution in [0, 0.1) is 5.92 Å². The van der Waals surface area contributed by atoms with Crippen LogP contribution in [0.3, 0.4) is 0 Å². The van der Waals surface area contributed by atoms with Crippen molar-refractivity contribution < 1.29 is 9.47 Å². The van der Waals surface area contributed by atoms with Gasteiger partial charge < -0.3 is 25.8 Å². The van der Waals surface area contributed by atoms with Gasteiger partial charge in [0.1, 0.15) is 29.9 Å². The summed E-state index contributed by atoms with van der Waals surface area (Å²) in [6.45, 7) is 7.09. The SMILES string of the molecule is CC1CN([C@@H]2C[C@H](CCc3ccc4cc(Br)c(N)nc4c3)[C@H]3OC(C)(C)O[C@H]32)c2ncnc(N)c21. The van der Waals surface area contributed by atoms with Gasteiger partial charge in [0.25, 0.3) is 0 Å². The molecular weight excluding hydrogens is 508 g/mol. The molecule has 0 amide bonds. The number of aryl methyl sites for hydroxylation is 1. The molecule has 35 heavy (non-hydrogen) atoms. The molecule has 9 heteroatoms. The lowest BCUT2D eigenvalue weighted by molar-refractivity contribution is -0.158. The summed E-state index contributed by atoms with van der Waals surface area (Å²) in [5.41, 5.74) is 15.5. The first-order chi connectivity index (χ1) is 16.7. The number of benzene rings is 1. The Hall–Kier alpha value is -2.49. The van der Waals surface area contributed by atoms with E-state index < -0.39 is 5.79 Å². The van der Waals surface area contributed by atoms with E-state index in [1.807, 2.05) is 19.9 Å². The minimum absolute atomic E-state index is 0.000224. The van der Waals surface area contributed by atoms with Gasteiger partial charge in [-0.1, -0.05) is 19.1 Å². The Kier molecular flexibility index (Phi) is 5.43. The number of ether oxygens (including phenoxy) is 2. The normalized spacial score (nSPS) is 29.0. The van der Waals surface area contributed by atoms with Gasteiger partial charge in [0.15, 0.2) is 5.79 Å². The molecule has 1 saturated carbocycles. The van der Waals surface area contributed by atoms with Gasteiger partial charge in [-0.15, -0.1) is 0 Å². The fraction of sp³-hybridized carbons (Fsp3) is 0.500. The van der Waals surface area contributed by atoms with Crippen molar-refractivity contribution in [2.75, 3.05) is 22.9 Å². The van der Waals surface area contributed by atoms with E-state index in [0.717, 1.165) is 52.6 Å². The molecule has 3 aromatic rings. The van der Waals surface area contributed by atoms with Crippen molar-refractivity contribution in [1.82, 2.24) is 15.0 Å². The highest BCUT2D eigenvalue weighted by Gasteiger charge is 2.56. The number of aromatic nitrogens is 3.